The molecule has 2 aromatic carbocycles. The van der Waals surface area contributed by atoms with Gasteiger partial charge in [0.25, 0.3) is 0 Å². The fourth-order valence-electron chi connectivity index (χ4n) is 3.88. The molecule has 1 amide bonds. The van der Waals surface area contributed by atoms with Crippen LogP contribution in [0, 0.1) is 5.92 Å². The highest BCUT2D eigenvalue weighted by atomic mass is 79.9. The van der Waals surface area contributed by atoms with Crippen LogP contribution in [0.25, 0.3) is 11.3 Å². The molecule has 0 spiro atoms. The largest absolute Gasteiger partial charge is 0.441 e. The third-order valence-corrected chi connectivity index (χ3v) is 6.10. The molecule has 1 fully saturated rings. The van der Waals surface area contributed by atoms with Crippen LogP contribution in [-0.2, 0) is 17.6 Å². The number of carbonyl (C=O) groups excluding carboxylic acids is 1. The van der Waals surface area contributed by atoms with Gasteiger partial charge in [-0.2, -0.15) is 0 Å². The van der Waals surface area contributed by atoms with E-state index in [4.69, 9.17) is 4.42 Å². The Bertz CT molecular complexity index is 929. The number of oxazole rings is 1. The number of nitrogens with zero attached hydrogens (tertiary/aromatic N) is 2. The summed E-state index contributed by atoms with van der Waals surface area (Å²) in [5.74, 6) is 2.23. The van der Waals surface area contributed by atoms with Crippen LogP contribution in [0.5, 0.6) is 0 Å². The third kappa shape index (κ3) is 5.36. The molecule has 1 saturated heterocycles. The Morgan fingerprint density at radius 2 is 1.79 bits per heavy atom. The van der Waals surface area contributed by atoms with Crippen LogP contribution in [0.4, 0.5) is 0 Å². The van der Waals surface area contributed by atoms with Crippen LogP contribution in [0.2, 0.25) is 0 Å². The van der Waals surface area contributed by atoms with Crippen molar-refractivity contribution in [1.82, 2.24) is 9.88 Å². The zero-order chi connectivity index (χ0) is 20.1. The SMILES string of the molecule is O=C(CCc1ncc(-c2ccc(Br)cc2)o1)N1CCC(Cc2ccccc2)CC1. The first kappa shape index (κ1) is 19.9. The molecule has 0 saturated carbocycles. The summed E-state index contributed by atoms with van der Waals surface area (Å²) in [6, 6.07) is 18.5. The molecule has 1 aromatic heterocycles. The van der Waals surface area contributed by atoms with E-state index in [9.17, 15) is 4.79 Å². The van der Waals surface area contributed by atoms with E-state index in [1.54, 1.807) is 6.20 Å². The Morgan fingerprint density at radius 3 is 2.52 bits per heavy atom. The lowest BCUT2D eigenvalue weighted by Gasteiger charge is -2.32. The Balaban J connectivity index is 1.24. The number of likely N-dealkylation sites (tertiary alicyclic amines) is 1. The Kier molecular flexibility index (Phi) is 6.45. The zero-order valence-electron chi connectivity index (χ0n) is 16.4. The molecule has 150 valence electrons. The van der Waals surface area contributed by atoms with Gasteiger partial charge in [-0.3, -0.25) is 4.79 Å². The van der Waals surface area contributed by atoms with Gasteiger partial charge >= 0.3 is 0 Å². The first-order valence-electron chi connectivity index (χ1n) is 10.2. The van der Waals surface area contributed by atoms with E-state index in [-0.39, 0.29) is 5.91 Å². The summed E-state index contributed by atoms with van der Waals surface area (Å²) in [6.45, 7) is 1.71. The number of halogens is 1. The van der Waals surface area contributed by atoms with Gasteiger partial charge in [0.1, 0.15) is 0 Å². The summed E-state index contributed by atoms with van der Waals surface area (Å²) in [5, 5.41) is 0. The fourth-order valence-corrected chi connectivity index (χ4v) is 4.14. The first-order valence-corrected chi connectivity index (χ1v) is 11.0. The molecule has 0 atom stereocenters. The van der Waals surface area contributed by atoms with Crippen LogP contribution in [-0.4, -0.2) is 28.9 Å². The molecule has 29 heavy (non-hydrogen) atoms. The second-order valence-corrected chi connectivity index (χ2v) is 8.55. The summed E-state index contributed by atoms with van der Waals surface area (Å²) in [6.07, 6.45) is 5.99. The predicted octanol–water partition coefficient (Wildman–Crippen LogP) is 5.52. The minimum Gasteiger partial charge on any atom is -0.441 e. The van der Waals surface area contributed by atoms with Crippen molar-refractivity contribution in [2.24, 2.45) is 5.92 Å². The van der Waals surface area contributed by atoms with Crippen molar-refractivity contribution < 1.29 is 9.21 Å². The van der Waals surface area contributed by atoms with E-state index in [0.717, 1.165) is 48.1 Å². The van der Waals surface area contributed by atoms with Gasteiger partial charge < -0.3 is 9.32 Å². The van der Waals surface area contributed by atoms with Crippen molar-refractivity contribution >= 4 is 21.8 Å². The molecule has 2 heterocycles. The number of hydrogen-bond donors (Lipinski definition) is 0. The monoisotopic (exact) mass is 452 g/mol. The number of carbonyl (C=O) groups is 1. The van der Waals surface area contributed by atoms with E-state index in [0.29, 0.717) is 24.7 Å². The lowest BCUT2D eigenvalue weighted by molar-refractivity contribution is -0.132. The maximum atomic E-state index is 12.6. The van der Waals surface area contributed by atoms with Crippen LogP contribution >= 0.6 is 15.9 Å². The van der Waals surface area contributed by atoms with Gasteiger partial charge in [-0.1, -0.05) is 58.4 Å². The van der Waals surface area contributed by atoms with Gasteiger partial charge in [-0.25, -0.2) is 4.98 Å². The van der Waals surface area contributed by atoms with Gasteiger partial charge in [0, 0.05) is 36.0 Å². The lowest BCUT2D eigenvalue weighted by atomic mass is 9.90. The predicted molar refractivity (Wildman–Crippen MR) is 117 cm³/mol. The molecule has 4 rings (SSSR count). The molecule has 3 aromatic rings. The van der Waals surface area contributed by atoms with Gasteiger partial charge in [0.05, 0.1) is 6.20 Å². The van der Waals surface area contributed by atoms with Gasteiger partial charge in [0.15, 0.2) is 11.7 Å². The highest BCUT2D eigenvalue weighted by Crippen LogP contribution is 2.24. The van der Waals surface area contributed by atoms with Crippen molar-refractivity contribution in [3.8, 4) is 11.3 Å². The normalized spacial score (nSPS) is 14.9. The maximum absolute atomic E-state index is 12.6. The van der Waals surface area contributed by atoms with E-state index in [1.807, 2.05) is 29.2 Å². The zero-order valence-corrected chi connectivity index (χ0v) is 18.0. The molecule has 1 aliphatic heterocycles. The number of hydrogen-bond acceptors (Lipinski definition) is 3. The maximum Gasteiger partial charge on any atom is 0.223 e. The summed E-state index contributed by atoms with van der Waals surface area (Å²) in [5.41, 5.74) is 2.38. The van der Waals surface area contributed by atoms with Gasteiger partial charge in [0.2, 0.25) is 5.91 Å². The first-order chi connectivity index (χ1) is 14.2. The molecule has 5 heteroatoms. The third-order valence-electron chi connectivity index (χ3n) is 5.57. The summed E-state index contributed by atoms with van der Waals surface area (Å²) < 4.78 is 6.86. The number of rotatable bonds is 6. The molecule has 0 unspecified atom stereocenters. The number of benzene rings is 2. The molecule has 0 N–H and O–H groups in total. The van der Waals surface area contributed by atoms with Crippen molar-refractivity contribution in [1.29, 1.82) is 0 Å². The fraction of sp³-hybridized carbons (Fsp3) is 0.333. The molecular weight excluding hydrogens is 428 g/mol. The van der Waals surface area contributed by atoms with E-state index < -0.39 is 0 Å². The second kappa shape index (κ2) is 9.40. The number of piperidine rings is 1. The smallest absolute Gasteiger partial charge is 0.223 e. The summed E-state index contributed by atoms with van der Waals surface area (Å²) >= 11 is 3.43. The van der Waals surface area contributed by atoms with Crippen LogP contribution in [0.3, 0.4) is 0 Å². The highest BCUT2D eigenvalue weighted by Gasteiger charge is 2.23. The van der Waals surface area contributed by atoms with E-state index in [2.05, 4.69) is 51.2 Å². The average Bonchev–Trinajstić information content (AvgIpc) is 3.23. The van der Waals surface area contributed by atoms with Crippen molar-refractivity contribution in [2.75, 3.05) is 13.1 Å². The van der Waals surface area contributed by atoms with E-state index in [1.165, 1.54) is 5.56 Å². The van der Waals surface area contributed by atoms with Crippen molar-refractivity contribution in [3.63, 3.8) is 0 Å². The minimum absolute atomic E-state index is 0.201. The topological polar surface area (TPSA) is 46.3 Å². The summed E-state index contributed by atoms with van der Waals surface area (Å²) in [7, 11) is 0. The molecular formula is C24H25BrN2O2. The molecule has 0 bridgehead atoms. The number of aromatic nitrogens is 1. The highest BCUT2D eigenvalue weighted by molar-refractivity contribution is 9.10. The van der Waals surface area contributed by atoms with E-state index >= 15 is 0 Å². The van der Waals surface area contributed by atoms with Crippen molar-refractivity contribution in [3.05, 3.63) is 76.7 Å². The van der Waals surface area contributed by atoms with Crippen LogP contribution in [0.1, 0.15) is 30.7 Å². The number of amides is 1. The molecule has 0 aliphatic carbocycles. The number of aryl methyl sites for hydroxylation is 1. The Morgan fingerprint density at radius 1 is 1.07 bits per heavy atom. The van der Waals surface area contributed by atoms with Gasteiger partial charge in [-0.15, -0.1) is 0 Å². The molecule has 0 radical (unpaired) electrons. The van der Waals surface area contributed by atoms with Crippen LogP contribution < -0.4 is 0 Å². The average molecular weight is 453 g/mol. The van der Waals surface area contributed by atoms with Gasteiger partial charge in [-0.05, 0) is 42.9 Å². The lowest BCUT2D eigenvalue weighted by Crippen LogP contribution is -2.39. The van der Waals surface area contributed by atoms with Crippen LogP contribution in [0.15, 0.2) is 69.7 Å². The quantitative estimate of drug-likeness (QED) is 0.494. The Labute approximate surface area is 180 Å². The minimum atomic E-state index is 0.201. The Hall–Kier alpha value is -2.40. The molecule has 1 aliphatic rings. The standard InChI is InChI=1S/C24H25BrN2O2/c25-21-8-6-20(7-9-21)22-17-26-23(29-22)10-11-24(28)27-14-12-19(13-15-27)16-18-4-2-1-3-5-18/h1-9,17,19H,10-16H2. The molecule has 4 nitrogen and oxygen atoms in total. The van der Waals surface area contributed by atoms with Crippen molar-refractivity contribution in [2.45, 2.75) is 32.1 Å². The summed E-state index contributed by atoms with van der Waals surface area (Å²) in [4.78, 5) is 18.9. The second-order valence-electron chi connectivity index (χ2n) is 7.64.